The van der Waals surface area contributed by atoms with Crippen LogP contribution in [0.4, 0.5) is 0 Å². The largest absolute Gasteiger partial charge is 0.489 e. The van der Waals surface area contributed by atoms with E-state index in [-0.39, 0.29) is 30.4 Å². The molecule has 10 heteroatoms. The van der Waals surface area contributed by atoms with Crippen LogP contribution in [0.25, 0.3) is 0 Å². The summed E-state index contributed by atoms with van der Waals surface area (Å²) >= 11 is 0. The first-order valence-electron chi connectivity index (χ1n) is 9.06. The van der Waals surface area contributed by atoms with Gasteiger partial charge < -0.3 is 24.6 Å². The minimum Gasteiger partial charge on any atom is -0.489 e. The molecule has 3 rings (SSSR count). The van der Waals surface area contributed by atoms with Crippen LogP contribution in [0.3, 0.4) is 0 Å². The molecule has 1 amide bonds. The van der Waals surface area contributed by atoms with Crippen LogP contribution in [-0.4, -0.2) is 59.2 Å². The Hall–Kier alpha value is -1.64. The van der Waals surface area contributed by atoms with Crippen LogP contribution in [0.15, 0.2) is 18.2 Å². The lowest BCUT2D eigenvalue weighted by Gasteiger charge is -2.23. The third-order valence-corrected chi connectivity index (χ3v) is 5.25. The average Bonchev–Trinajstić information content (AvgIpc) is 2.97. The molecule has 1 fully saturated rings. The van der Waals surface area contributed by atoms with Gasteiger partial charge in [0, 0.05) is 19.0 Å². The maximum atomic E-state index is 12.7. The van der Waals surface area contributed by atoms with Crippen LogP contribution < -0.4 is 14.8 Å². The Morgan fingerprint density at radius 1 is 1.41 bits per heavy atom. The maximum absolute atomic E-state index is 12.7. The van der Waals surface area contributed by atoms with Crippen molar-refractivity contribution in [1.82, 2.24) is 10.2 Å². The molecule has 3 N–H and O–H groups in total. The number of para-hydroxylation sites is 1. The Labute approximate surface area is 157 Å². The molecule has 0 aliphatic carbocycles. The molecule has 2 aliphatic rings. The number of likely N-dealkylation sites (tertiary alicyclic amines) is 1. The fourth-order valence-electron chi connectivity index (χ4n) is 3.47. The summed E-state index contributed by atoms with van der Waals surface area (Å²) in [5.41, 5.74) is 0.324. The number of rotatable bonds is 6. The Morgan fingerprint density at radius 3 is 2.96 bits per heavy atom. The van der Waals surface area contributed by atoms with E-state index in [1.54, 1.807) is 18.2 Å². The number of likely N-dealkylation sites (N-methyl/N-ethyl adjacent to an activating group) is 1. The number of phosphoric ester groups is 1. The van der Waals surface area contributed by atoms with Crippen molar-refractivity contribution in [2.45, 2.75) is 38.5 Å². The van der Waals surface area contributed by atoms with E-state index in [1.807, 2.05) is 0 Å². The highest BCUT2D eigenvalue weighted by Crippen LogP contribution is 2.41. The number of nitrogens with zero attached hydrogens (tertiary/aromatic N) is 1. The second-order valence-electron chi connectivity index (χ2n) is 6.55. The molecule has 2 heterocycles. The van der Waals surface area contributed by atoms with Crippen LogP contribution >= 0.6 is 7.82 Å². The summed E-state index contributed by atoms with van der Waals surface area (Å²) in [6, 6.07) is 5.17. The molecule has 1 aromatic rings. The Kier molecular flexibility index (Phi) is 6.39. The van der Waals surface area contributed by atoms with Gasteiger partial charge in [0.05, 0.1) is 12.2 Å². The molecule has 150 valence electrons. The predicted molar refractivity (Wildman–Crippen MR) is 96.7 cm³/mol. The molecule has 2 atom stereocenters. The minimum absolute atomic E-state index is 0.105. The van der Waals surface area contributed by atoms with E-state index in [0.29, 0.717) is 18.2 Å². The number of fused-ring (bicyclic) bond motifs is 1. The molecule has 0 radical (unpaired) electrons. The van der Waals surface area contributed by atoms with Gasteiger partial charge in [0.2, 0.25) is 6.29 Å². The first kappa shape index (κ1) is 20.1. The Bertz CT molecular complexity index is 723. The van der Waals surface area contributed by atoms with Crippen molar-refractivity contribution in [2.24, 2.45) is 0 Å². The van der Waals surface area contributed by atoms with Gasteiger partial charge in [-0.3, -0.25) is 9.69 Å². The number of phosphoric acid groups is 1. The van der Waals surface area contributed by atoms with Crippen molar-refractivity contribution in [1.29, 1.82) is 0 Å². The predicted octanol–water partition coefficient (Wildman–Crippen LogP) is 1.50. The molecule has 27 heavy (non-hydrogen) atoms. The SMILES string of the molecule is CCN1CCCC1CNC(=O)c1cccc2c1OCCC(OP(=O)(O)O)O2. The van der Waals surface area contributed by atoms with E-state index in [9.17, 15) is 9.36 Å². The summed E-state index contributed by atoms with van der Waals surface area (Å²) < 4.78 is 26.8. The highest BCUT2D eigenvalue weighted by atomic mass is 31.2. The molecule has 1 saturated heterocycles. The summed E-state index contributed by atoms with van der Waals surface area (Å²) in [4.78, 5) is 32.9. The van der Waals surface area contributed by atoms with Crippen molar-refractivity contribution in [3.05, 3.63) is 23.8 Å². The molecule has 9 nitrogen and oxygen atoms in total. The Balaban J connectivity index is 1.69. The number of amides is 1. The van der Waals surface area contributed by atoms with Crippen molar-refractivity contribution < 1.29 is 33.1 Å². The van der Waals surface area contributed by atoms with E-state index >= 15 is 0 Å². The summed E-state index contributed by atoms with van der Waals surface area (Å²) in [6.07, 6.45) is 1.16. The van der Waals surface area contributed by atoms with E-state index in [1.165, 1.54) is 0 Å². The van der Waals surface area contributed by atoms with Crippen molar-refractivity contribution in [3.63, 3.8) is 0 Å². The lowest BCUT2D eigenvalue weighted by atomic mass is 10.1. The van der Waals surface area contributed by atoms with Crippen LogP contribution in [0.1, 0.15) is 36.5 Å². The second kappa shape index (κ2) is 8.58. The maximum Gasteiger partial charge on any atom is 0.472 e. The number of ether oxygens (including phenoxy) is 2. The van der Waals surface area contributed by atoms with E-state index in [2.05, 4.69) is 21.7 Å². The standard InChI is InChI=1S/C17H25N2O7P/c1-2-19-9-4-5-12(19)11-18-17(20)13-6-3-7-14-16(13)24-10-8-15(25-14)26-27(21,22)23/h3,6-7,12,15H,2,4-5,8-11H2,1H3,(H,18,20)(H2,21,22,23). The van der Waals surface area contributed by atoms with Crippen LogP contribution in [0, 0.1) is 0 Å². The van der Waals surface area contributed by atoms with Crippen molar-refractivity contribution in [2.75, 3.05) is 26.2 Å². The zero-order valence-electron chi connectivity index (χ0n) is 15.2. The molecule has 0 aromatic heterocycles. The summed E-state index contributed by atoms with van der Waals surface area (Å²) in [5.74, 6) is 0.202. The summed E-state index contributed by atoms with van der Waals surface area (Å²) in [6.45, 7) is 4.78. The van der Waals surface area contributed by atoms with Crippen LogP contribution in [-0.2, 0) is 9.09 Å². The number of hydrogen-bond donors (Lipinski definition) is 3. The molecule has 0 bridgehead atoms. The average molecular weight is 400 g/mol. The quantitative estimate of drug-likeness (QED) is 0.615. The first-order chi connectivity index (χ1) is 12.9. The number of carbonyl (C=O) groups is 1. The van der Waals surface area contributed by atoms with Gasteiger partial charge in [-0.25, -0.2) is 9.09 Å². The van der Waals surface area contributed by atoms with Crippen molar-refractivity contribution >= 4 is 13.7 Å². The molecular weight excluding hydrogens is 375 g/mol. The van der Waals surface area contributed by atoms with Crippen LogP contribution in [0.5, 0.6) is 11.5 Å². The van der Waals surface area contributed by atoms with E-state index in [4.69, 9.17) is 19.3 Å². The molecule has 1 aromatic carbocycles. The van der Waals surface area contributed by atoms with Gasteiger partial charge >= 0.3 is 7.82 Å². The number of carbonyl (C=O) groups excluding carboxylic acids is 1. The topological polar surface area (TPSA) is 118 Å². The smallest absolute Gasteiger partial charge is 0.472 e. The van der Waals surface area contributed by atoms with Crippen LogP contribution in [0.2, 0.25) is 0 Å². The molecule has 0 saturated carbocycles. The van der Waals surface area contributed by atoms with Gasteiger partial charge in [-0.1, -0.05) is 13.0 Å². The number of hydrogen-bond acceptors (Lipinski definition) is 6. The van der Waals surface area contributed by atoms with E-state index in [0.717, 1.165) is 25.9 Å². The monoisotopic (exact) mass is 400 g/mol. The van der Waals surface area contributed by atoms with Gasteiger partial charge in [-0.05, 0) is 38.1 Å². The van der Waals surface area contributed by atoms with Gasteiger partial charge in [-0.15, -0.1) is 0 Å². The lowest BCUT2D eigenvalue weighted by molar-refractivity contribution is -0.0195. The zero-order chi connectivity index (χ0) is 19.4. The second-order valence-corrected chi connectivity index (χ2v) is 7.74. The molecule has 2 unspecified atom stereocenters. The van der Waals surface area contributed by atoms with Gasteiger partial charge in [0.15, 0.2) is 11.5 Å². The molecular formula is C17H25N2O7P. The number of nitrogens with one attached hydrogen (secondary N) is 1. The highest BCUT2D eigenvalue weighted by Gasteiger charge is 2.29. The summed E-state index contributed by atoms with van der Waals surface area (Å²) in [5, 5.41) is 2.95. The zero-order valence-corrected chi connectivity index (χ0v) is 16.1. The first-order valence-corrected chi connectivity index (χ1v) is 10.6. The fourth-order valence-corrected chi connectivity index (χ4v) is 3.92. The van der Waals surface area contributed by atoms with Gasteiger partial charge in [-0.2, -0.15) is 0 Å². The Morgan fingerprint density at radius 2 is 2.22 bits per heavy atom. The highest BCUT2D eigenvalue weighted by molar-refractivity contribution is 7.46. The van der Waals surface area contributed by atoms with Crippen molar-refractivity contribution in [3.8, 4) is 11.5 Å². The van der Waals surface area contributed by atoms with Gasteiger partial charge in [0.25, 0.3) is 5.91 Å². The lowest BCUT2D eigenvalue weighted by Crippen LogP contribution is -2.40. The minimum atomic E-state index is -4.69. The van der Waals surface area contributed by atoms with E-state index < -0.39 is 14.1 Å². The molecule has 0 spiro atoms. The number of benzene rings is 1. The molecule has 2 aliphatic heterocycles. The third-order valence-electron chi connectivity index (χ3n) is 4.74. The normalized spacial score (nSPS) is 23.1. The fraction of sp³-hybridized carbons (Fsp3) is 0.588. The third kappa shape index (κ3) is 5.21. The van der Waals surface area contributed by atoms with Gasteiger partial charge in [0.1, 0.15) is 0 Å². The summed E-state index contributed by atoms with van der Waals surface area (Å²) in [7, 11) is -4.69.